The first-order valence-corrected chi connectivity index (χ1v) is 4.73. The Labute approximate surface area is 87.2 Å². The summed E-state index contributed by atoms with van der Waals surface area (Å²) in [4.78, 5) is 28.8. The summed E-state index contributed by atoms with van der Waals surface area (Å²) in [5.41, 5.74) is 0.366. The summed E-state index contributed by atoms with van der Waals surface area (Å²) in [7, 11) is 0. The molecule has 0 spiro atoms. The number of aromatic amines is 1. The Balaban J connectivity index is 3.21. The van der Waals surface area contributed by atoms with Crippen LogP contribution in [0.5, 0.6) is 0 Å². The molecular formula is C10H14N2O3. The van der Waals surface area contributed by atoms with E-state index in [9.17, 15) is 9.59 Å². The predicted molar refractivity (Wildman–Crippen MR) is 55.0 cm³/mol. The van der Waals surface area contributed by atoms with Crippen LogP contribution in [0, 0.1) is 6.92 Å². The Hall–Kier alpha value is -1.65. The fourth-order valence-electron chi connectivity index (χ4n) is 1.27. The normalized spacial score (nSPS) is 10.7. The molecule has 0 aliphatic heterocycles. The highest BCUT2D eigenvalue weighted by atomic mass is 16.4. The van der Waals surface area contributed by atoms with Gasteiger partial charge in [-0.3, -0.25) is 9.59 Å². The maximum Gasteiger partial charge on any atom is 0.308 e. The second-order valence-electron chi connectivity index (χ2n) is 3.74. The van der Waals surface area contributed by atoms with Gasteiger partial charge in [-0.25, -0.2) is 4.98 Å². The number of rotatable bonds is 3. The van der Waals surface area contributed by atoms with Crippen LogP contribution < -0.4 is 5.56 Å². The summed E-state index contributed by atoms with van der Waals surface area (Å²) in [6.45, 7) is 5.47. The third kappa shape index (κ3) is 2.65. The van der Waals surface area contributed by atoms with Gasteiger partial charge in [0.2, 0.25) is 0 Å². The molecule has 0 unspecified atom stereocenters. The second-order valence-corrected chi connectivity index (χ2v) is 3.74. The van der Waals surface area contributed by atoms with Gasteiger partial charge in [0.1, 0.15) is 5.82 Å². The standard InChI is InChI=1S/C10H14N2O3/c1-5(2)9-11-6(3)7(4-8(13)14)10(15)12-9/h5H,4H2,1-3H3,(H,13,14)(H,11,12,15). The van der Waals surface area contributed by atoms with Crippen molar-refractivity contribution in [3.8, 4) is 0 Å². The third-order valence-corrected chi connectivity index (χ3v) is 2.12. The van der Waals surface area contributed by atoms with Crippen molar-refractivity contribution in [3.63, 3.8) is 0 Å². The van der Waals surface area contributed by atoms with E-state index in [4.69, 9.17) is 5.11 Å². The molecule has 15 heavy (non-hydrogen) atoms. The van der Waals surface area contributed by atoms with Gasteiger partial charge in [0.05, 0.1) is 6.42 Å². The van der Waals surface area contributed by atoms with Crippen LogP contribution in [0.4, 0.5) is 0 Å². The molecular weight excluding hydrogens is 196 g/mol. The molecule has 1 aromatic heterocycles. The van der Waals surface area contributed by atoms with E-state index < -0.39 is 5.97 Å². The molecule has 1 rings (SSSR count). The molecule has 0 saturated carbocycles. The van der Waals surface area contributed by atoms with E-state index in [0.717, 1.165) is 0 Å². The number of hydrogen-bond donors (Lipinski definition) is 2. The minimum atomic E-state index is -1.03. The fraction of sp³-hybridized carbons (Fsp3) is 0.500. The number of carboxylic acids is 1. The summed E-state index contributed by atoms with van der Waals surface area (Å²) in [5.74, 6) is -0.315. The number of hydrogen-bond acceptors (Lipinski definition) is 3. The average molecular weight is 210 g/mol. The highest BCUT2D eigenvalue weighted by Crippen LogP contribution is 2.08. The maximum absolute atomic E-state index is 11.5. The molecule has 0 radical (unpaired) electrons. The molecule has 5 heteroatoms. The van der Waals surface area contributed by atoms with E-state index in [1.54, 1.807) is 6.92 Å². The molecule has 0 aromatic carbocycles. The summed E-state index contributed by atoms with van der Waals surface area (Å²) in [6, 6.07) is 0. The van der Waals surface area contributed by atoms with Crippen molar-refractivity contribution in [1.29, 1.82) is 0 Å². The van der Waals surface area contributed by atoms with Gasteiger partial charge < -0.3 is 10.1 Å². The van der Waals surface area contributed by atoms with E-state index in [0.29, 0.717) is 11.5 Å². The largest absolute Gasteiger partial charge is 0.481 e. The highest BCUT2D eigenvalue weighted by molar-refractivity contribution is 5.70. The van der Waals surface area contributed by atoms with E-state index in [1.807, 2.05) is 13.8 Å². The Morgan fingerprint density at radius 2 is 2.13 bits per heavy atom. The Morgan fingerprint density at radius 1 is 1.53 bits per heavy atom. The SMILES string of the molecule is Cc1nc(C(C)C)[nH]c(=O)c1CC(=O)O. The topological polar surface area (TPSA) is 83.0 Å². The Morgan fingerprint density at radius 3 is 2.53 bits per heavy atom. The minimum Gasteiger partial charge on any atom is -0.481 e. The summed E-state index contributed by atoms with van der Waals surface area (Å²) >= 11 is 0. The zero-order chi connectivity index (χ0) is 11.6. The lowest BCUT2D eigenvalue weighted by Crippen LogP contribution is -2.22. The number of aromatic nitrogens is 2. The van der Waals surface area contributed by atoms with Crippen molar-refractivity contribution in [3.05, 3.63) is 27.4 Å². The van der Waals surface area contributed by atoms with Crippen LogP contribution in [0.25, 0.3) is 0 Å². The van der Waals surface area contributed by atoms with Gasteiger partial charge in [0.25, 0.3) is 5.56 Å². The van der Waals surface area contributed by atoms with Crippen molar-refractivity contribution in [1.82, 2.24) is 9.97 Å². The Kier molecular flexibility index (Phi) is 3.24. The van der Waals surface area contributed by atoms with E-state index in [1.165, 1.54) is 0 Å². The van der Waals surface area contributed by atoms with Crippen LogP contribution in [0.2, 0.25) is 0 Å². The lowest BCUT2D eigenvalue weighted by molar-refractivity contribution is -0.136. The van der Waals surface area contributed by atoms with Crippen LogP contribution in [0.15, 0.2) is 4.79 Å². The number of H-pyrrole nitrogens is 1. The molecule has 0 fully saturated rings. The van der Waals surface area contributed by atoms with E-state index >= 15 is 0 Å². The number of aryl methyl sites for hydroxylation is 1. The summed E-state index contributed by atoms with van der Waals surface area (Å²) in [6.07, 6.45) is -0.285. The molecule has 0 aliphatic rings. The molecule has 0 bridgehead atoms. The van der Waals surface area contributed by atoms with E-state index in [2.05, 4.69) is 9.97 Å². The third-order valence-electron chi connectivity index (χ3n) is 2.12. The van der Waals surface area contributed by atoms with Crippen LogP contribution in [-0.4, -0.2) is 21.0 Å². The lowest BCUT2D eigenvalue weighted by atomic mass is 10.1. The van der Waals surface area contributed by atoms with Crippen molar-refractivity contribution in [2.75, 3.05) is 0 Å². The van der Waals surface area contributed by atoms with Gasteiger partial charge in [-0.2, -0.15) is 0 Å². The predicted octanol–water partition coefficient (Wildman–Crippen LogP) is 0.829. The molecule has 0 saturated heterocycles. The molecule has 0 atom stereocenters. The molecule has 82 valence electrons. The first kappa shape index (κ1) is 11.4. The van der Waals surface area contributed by atoms with Crippen molar-refractivity contribution < 1.29 is 9.90 Å². The lowest BCUT2D eigenvalue weighted by Gasteiger charge is -2.07. The smallest absolute Gasteiger partial charge is 0.308 e. The number of nitrogens with one attached hydrogen (secondary N) is 1. The number of aliphatic carboxylic acids is 1. The molecule has 1 heterocycles. The van der Waals surface area contributed by atoms with Crippen LogP contribution >= 0.6 is 0 Å². The number of carboxylic acid groups (broad SMARTS) is 1. The van der Waals surface area contributed by atoms with Crippen molar-refractivity contribution >= 4 is 5.97 Å². The van der Waals surface area contributed by atoms with Gasteiger partial charge >= 0.3 is 5.97 Å². The van der Waals surface area contributed by atoms with Gasteiger partial charge in [-0.05, 0) is 6.92 Å². The van der Waals surface area contributed by atoms with Crippen molar-refractivity contribution in [2.45, 2.75) is 33.1 Å². The molecule has 5 nitrogen and oxygen atoms in total. The number of nitrogens with zero attached hydrogens (tertiary/aromatic N) is 1. The van der Waals surface area contributed by atoms with E-state index in [-0.39, 0.29) is 23.5 Å². The minimum absolute atomic E-state index is 0.121. The highest BCUT2D eigenvalue weighted by Gasteiger charge is 2.12. The van der Waals surface area contributed by atoms with Gasteiger partial charge in [-0.15, -0.1) is 0 Å². The van der Waals surface area contributed by atoms with Crippen LogP contribution in [0.3, 0.4) is 0 Å². The zero-order valence-corrected chi connectivity index (χ0v) is 9.00. The second kappa shape index (κ2) is 4.25. The van der Waals surface area contributed by atoms with Crippen LogP contribution in [-0.2, 0) is 11.2 Å². The van der Waals surface area contributed by atoms with Gasteiger partial charge in [0.15, 0.2) is 0 Å². The summed E-state index contributed by atoms with van der Waals surface area (Å²) < 4.78 is 0. The number of carbonyl (C=O) groups is 1. The summed E-state index contributed by atoms with van der Waals surface area (Å²) in [5, 5.41) is 8.61. The average Bonchev–Trinajstić information content (AvgIpc) is 2.10. The monoisotopic (exact) mass is 210 g/mol. The van der Waals surface area contributed by atoms with Gasteiger partial charge in [-0.1, -0.05) is 13.8 Å². The van der Waals surface area contributed by atoms with Gasteiger partial charge in [0, 0.05) is 17.2 Å². The quantitative estimate of drug-likeness (QED) is 0.774. The van der Waals surface area contributed by atoms with Crippen molar-refractivity contribution in [2.24, 2.45) is 0 Å². The first-order valence-electron chi connectivity index (χ1n) is 4.73. The molecule has 0 aliphatic carbocycles. The fourth-order valence-corrected chi connectivity index (χ4v) is 1.27. The molecule has 1 aromatic rings. The molecule has 2 N–H and O–H groups in total. The Bertz CT molecular complexity index is 435. The molecule has 0 amide bonds. The maximum atomic E-state index is 11.5. The van der Waals surface area contributed by atoms with Crippen LogP contribution in [0.1, 0.15) is 36.8 Å². The zero-order valence-electron chi connectivity index (χ0n) is 9.00. The first-order chi connectivity index (χ1) is 6.91.